The molecule has 0 aromatic carbocycles. The standard InChI is InChI=1S/C9H15N3/c1-10-9-8(7-12(2)3)5-4-6-11-9/h4-6H,7H2,1-3H3,(H,10,11). The number of pyridine rings is 1. The molecule has 0 aliphatic heterocycles. The van der Waals surface area contributed by atoms with Gasteiger partial charge in [0.1, 0.15) is 5.82 Å². The molecule has 0 spiro atoms. The lowest BCUT2D eigenvalue weighted by atomic mass is 10.2. The Morgan fingerprint density at radius 3 is 2.83 bits per heavy atom. The van der Waals surface area contributed by atoms with Crippen LogP contribution in [0.3, 0.4) is 0 Å². The molecule has 12 heavy (non-hydrogen) atoms. The first-order valence-electron chi connectivity index (χ1n) is 4.00. The molecule has 1 rings (SSSR count). The topological polar surface area (TPSA) is 28.2 Å². The molecule has 3 heteroatoms. The van der Waals surface area contributed by atoms with Crippen LogP contribution in [0.1, 0.15) is 5.56 Å². The average Bonchev–Trinajstić information content (AvgIpc) is 2.04. The van der Waals surface area contributed by atoms with E-state index in [-0.39, 0.29) is 0 Å². The van der Waals surface area contributed by atoms with Gasteiger partial charge in [0, 0.05) is 25.4 Å². The van der Waals surface area contributed by atoms with Crippen LogP contribution in [-0.4, -0.2) is 31.0 Å². The second-order valence-electron chi connectivity index (χ2n) is 3.00. The number of rotatable bonds is 3. The molecule has 0 aliphatic rings. The van der Waals surface area contributed by atoms with Crippen molar-refractivity contribution < 1.29 is 0 Å². The van der Waals surface area contributed by atoms with Crippen molar-refractivity contribution in [3.8, 4) is 0 Å². The Labute approximate surface area is 73.4 Å². The molecular weight excluding hydrogens is 150 g/mol. The minimum Gasteiger partial charge on any atom is -0.373 e. The van der Waals surface area contributed by atoms with E-state index in [1.807, 2.05) is 27.2 Å². The van der Waals surface area contributed by atoms with Gasteiger partial charge in [-0.05, 0) is 20.2 Å². The van der Waals surface area contributed by atoms with Gasteiger partial charge in [-0.3, -0.25) is 0 Å². The first-order chi connectivity index (χ1) is 5.74. The summed E-state index contributed by atoms with van der Waals surface area (Å²) in [7, 11) is 5.99. The zero-order chi connectivity index (χ0) is 8.97. The van der Waals surface area contributed by atoms with E-state index in [1.54, 1.807) is 6.20 Å². The van der Waals surface area contributed by atoms with Crippen molar-refractivity contribution in [3.63, 3.8) is 0 Å². The number of nitrogens with zero attached hydrogens (tertiary/aromatic N) is 2. The van der Waals surface area contributed by atoms with E-state index in [1.165, 1.54) is 5.56 Å². The van der Waals surface area contributed by atoms with Crippen LogP contribution in [0.25, 0.3) is 0 Å². The third-order valence-corrected chi connectivity index (χ3v) is 1.61. The molecule has 0 saturated heterocycles. The normalized spacial score (nSPS) is 10.3. The zero-order valence-electron chi connectivity index (χ0n) is 7.83. The van der Waals surface area contributed by atoms with Crippen molar-refractivity contribution in [2.24, 2.45) is 0 Å². The van der Waals surface area contributed by atoms with E-state index in [9.17, 15) is 0 Å². The molecule has 3 nitrogen and oxygen atoms in total. The molecule has 0 aliphatic carbocycles. The highest BCUT2D eigenvalue weighted by Gasteiger charge is 2.00. The van der Waals surface area contributed by atoms with Crippen LogP contribution < -0.4 is 5.32 Å². The maximum atomic E-state index is 4.21. The van der Waals surface area contributed by atoms with Crippen LogP contribution >= 0.6 is 0 Å². The second-order valence-corrected chi connectivity index (χ2v) is 3.00. The predicted octanol–water partition coefficient (Wildman–Crippen LogP) is 1.18. The SMILES string of the molecule is CNc1ncccc1CN(C)C. The lowest BCUT2D eigenvalue weighted by Crippen LogP contribution is -2.12. The van der Waals surface area contributed by atoms with E-state index in [4.69, 9.17) is 0 Å². The summed E-state index contributed by atoms with van der Waals surface area (Å²) in [6, 6.07) is 4.04. The zero-order valence-corrected chi connectivity index (χ0v) is 7.83. The fourth-order valence-electron chi connectivity index (χ4n) is 1.13. The van der Waals surface area contributed by atoms with Crippen LogP contribution in [0.4, 0.5) is 5.82 Å². The molecule has 1 heterocycles. The minimum absolute atomic E-state index is 0.921. The van der Waals surface area contributed by atoms with E-state index in [0.29, 0.717) is 0 Å². The summed E-state index contributed by atoms with van der Waals surface area (Å²) in [5.74, 6) is 0.964. The van der Waals surface area contributed by atoms with Crippen LogP contribution in [0.5, 0.6) is 0 Å². The monoisotopic (exact) mass is 165 g/mol. The number of nitrogens with one attached hydrogen (secondary N) is 1. The van der Waals surface area contributed by atoms with Gasteiger partial charge in [0.05, 0.1) is 0 Å². The molecule has 1 aromatic rings. The Morgan fingerprint density at radius 2 is 2.25 bits per heavy atom. The highest BCUT2D eigenvalue weighted by atomic mass is 15.1. The third kappa shape index (κ3) is 2.20. The van der Waals surface area contributed by atoms with Crippen molar-refractivity contribution in [2.75, 3.05) is 26.5 Å². The van der Waals surface area contributed by atoms with Crippen molar-refractivity contribution in [1.82, 2.24) is 9.88 Å². The summed E-state index contributed by atoms with van der Waals surface area (Å²) in [5.41, 5.74) is 1.23. The molecule has 1 aromatic heterocycles. The van der Waals surface area contributed by atoms with Crippen molar-refractivity contribution in [2.45, 2.75) is 6.54 Å². The molecular formula is C9H15N3. The summed E-state index contributed by atoms with van der Waals surface area (Å²) in [4.78, 5) is 6.34. The number of hydrogen-bond acceptors (Lipinski definition) is 3. The quantitative estimate of drug-likeness (QED) is 0.729. The van der Waals surface area contributed by atoms with Gasteiger partial charge in [-0.1, -0.05) is 6.07 Å². The first kappa shape index (κ1) is 9.00. The Balaban J connectivity index is 2.82. The summed E-state index contributed by atoms with van der Waals surface area (Å²) < 4.78 is 0. The predicted molar refractivity (Wildman–Crippen MR) is 51.2 cm³/mol. The second kappa shape index (κ2) is 4.07. The molecule has 0 amide bonds. The molecule has 0 radical (unpaired) electrons. The number of aromatic nitrogens is 1. The van der Waals surface area contributed by atoms with Gasteiger partial charge in [-0.2, -0.15) is 0 Å². The summed E-state index contributed by atoms with van der Waals surface area (Å²) in [5, 5.41) is 3.06. The van der Waals surface area contributed by atoms with Gasteiger partial charge < -0.3 is 10.2 Å². The van der Waals surface area contributed by atoms with Crippen molar-refractivity contribution in [1.29, 1.82) is 0 Å². The Morgan fingerprint density at radius 1 is 1.50 bits per heavy atom. The summed E-state index contributed by atoms with van der Waals surface area (Å²) >= 11 is 0. The molecule has 0 bridgehead atoms. The van der Waals surface area contributed by atoms with E-state index < -0.39 is 0 Å². The Bertz CT molecular complexity index is 245. The van der Waals surface area contributed by atoms with Gasteiger partial charge >= 0.3 is 0 Å². The van der Waals surface area contributed by atoms with Gasteiger partial charge in [0.25, 0.3) is 0 Å². The molecule has 0 unspecified atom stereocenters. The summed E-state index contributed by atoms with van der Waals surface area (Å²) in [6.45, 7) is 0.921. The largest absolute Gasteiger partial charge is 0.373 e. The fraction of sp³-hybridized carbons (Fsp3) is 0.444. The lowest BCUT2D eigenvalue weighted by molar-refractivity contribution is 0.402. The van der Waals surface area contributed by atoms with Gasteiger partial charge in [-0.25, -0.2) is 4.98 Å². The van der Waals surface area contributed by atoms with Crippen molar-refractivity contribution >= 4 is 5.82 Å². The third-order valence-electron chi connectivity index (χ3n) is 1.61. The fourth-order valence-corrected chi connectivity index (χ4v) is 1.13. The Kier molecular flexibility index (Phi) is 3.05. The molecule has 0 atom stereocenters. The minimum atomic E-state index is 0.921. The van der Waals surface area contributed by atoms with E-state index >= 15 is 0 Å². The number of anilines is 1. The van der Waals surface area contributed by atoms with Crippen molar-refractivity contribution in [3.05, 3.63) is 23.9 Å². The molecule has 0 saturated carbocycles. The highest BCUT2D eigenvalue weighted by Crippen LogP contribution is 2.11. The molecule has 66 valence electrons. The maximum Gasteiger partial charge on any atom is 0.130 e. The molecule has 0 fully saturated rings. The maximum absolute atomic E-state index is 4.21. The van der Waals surface area contributed by atoms with Crippen LogP contribution in [-0.2, 0) is 6.54 Å². The Hall–Kier alpha value is -1.09. The summed E-state index contributed by atoms with van der Waals surface area (Å²) in [6.07, 6.45) is 1.80. The van der Waals surface area contributed by atoms with E-state index in [0.717, 1.165) is 12.4 Å². The van der Waals surface area contributed by atoms with Crippen LogP contribution in [0.15, 0.2) is 18.3 Å². The molecule has 1 N–H and O–H groups in total. The highest BCUT2D eigenvalue weighted by molar-refractivity contribution is 5.42. The van der Waals surface area contributed by atoms with Gasteiger partial charge in [-0.15, -0.1) is 0 Å². The average molecular weight is 165 g/mol. The first-order valence-corrected chi connectivity index (χ1v) is 4.00. The lowest BCUT2D eigenvalue weighted by Gasteiger charge is -2.12. The number of hydrogen-bond donors (Lipinski definition) is 1. The van der Waals surface area contributed by atoms with Gasteiger partial charge in [0.2, 0.25) is 0 Å². The van der Waals surface area contributed by atoms with E-state index in [2.05, 4.69) is 21.3 Å². The van der Waals surface area contributed by atoms with Crippen LogP contribution in [0.2, 0.25) is 0 Å². The van der Waals surface area contributed by atoms with Crippen LogP contribution in [0, 0.1) is 0 Å². The smallest absolute Gasteiger partial charge is 0.130 e. The van der Waals surface area contributed by atoms with Gasteiger partial charge in [0.15, 0.2) is 0 Å².